The van der Waals surface area contributed by atoms with Crippen LogP contribution in [0.25, 0.3) is 0 Å². The highest BCUT2D eigenvalue weighted by atomic mass is 15.1. The lowest BCUT2D eigenvalue weighted by Crippen LogP contribution is -2.18. The summed E-state index contributed by atoms with van der Waals surface area (Å²) < 4.78 is 0. The molecule has 0 amide bonds. The molecule has 0 unspecified atom stereocenters. The van der Waals surface area contributed by atoms with Crippen LogP contribution in [-0.2, 0) is 19.4 Å². The van der Waals surface area contributed by atoms with Crippen LogP contribution < -0.4 is 10.6 Å². The van der Waals surface area contributed by atoms with Gasteiger partial charge in [0.25, 0.3) is 0 Å². The summed E-state index contributed by atoms with van der Waals surface area (Å²) in [5.74, 6) is 0. The first-order valence-electron chi connectivity index (χ1n) is 6.75. The molecule has 2 N–H and O–H groups in total. The van der Waals surface area contributed by atoms with Crippen LogP contribution in [0.4, 0.5) is 11.4 Å². The highest BCUT2D eigenvalue weighted by Gasteiger charge is 2.12. The Morgan fingerprint density at radius 3 is 2.89 bits per heavy atom. The van der Waals surface area contributed by atoms with Gasteiger partial charge in [-0.3, -0.25) is 4.98 Å². The minimum absolute atomic E-state index is 0.728. The molecule has 1 aromatic carbocycles. The van der Waals surface area contributed by atoms with Crippen LogP contribution in [0.3, 0.4) is 0 Å². The standard InChI is InChI=1S/C16H19N3/c1-19(16-7-8-18-10-15(16)17)11-12-5-6-13-3-2-4-14(13)9-12/h5-10H,2-4,11,17H2,1H3. The monoisotopic (exact) mass is 253 g/mol. The van der Waals surface area contributed by atoms with Crippen molar-refractivity contribution < 1.29 is 0 Å². The number of aromatic nitrogens is 1. The third kappa shape index (κ3) is 2.41. The summed E-state index contributed by atoms with van der Waals surface area (Å²) in [6, 6.07) is 8.82. The van der Waals surface area contributed by atoms with E-state index < -0.39 is 0 Å². The Labute approximate surface area is 114 Å². The number of pyridine rings is 1. The van der Waals surface area contributed by atoms with Gasteiger partial charge in [0.2, 0.25) is 0 Å². The van der Waals surface area contributed by atoms with Gasteiger partial charge >= 0.3 is 0 Å². The molecule has 0 radical (unpaired) electrons. The molecule has 98 valence electrons. The molecule has 0 spiro atoms. The van der Waals surface area contributed by atoms with E-state index in [4.69, 9.17) is 5.73 Å². The summed E-state index contributed by atoms with van der Waals surface area (Å²) in [6.07, 6.45) is 7.25. The fourth-order valence-electron chi connectivity index (χ4n) is 2.83. The Bertz CT molecular complexity index is 592. The van der Waals surface area contributed by atoms with E-state index >= 15 is 0 Å². The number of aryl methyl sites for hydroxylation is 2. The zero-order valence-corrected chi connectivity index (χ0v) is 11.3. The van der Waals surface area contributed by atoms with Crippen molar-refractivity contribution in [3.63, 3.8) is 0 Å². The van der Waals surface area contributed by atoms with Crippen molar-refractivity contribution in [1.82, 2.24) is 4.98 Å². The average molecular weight is 253 g/mol. The van der Waals surface area contributed by atoms with Crippen molar-refractivity contribution >= 4 is 11.4 Å². The normalized spacial score (nSPS) is 13.3. The molecule has 1 aromatic heterocycles. The lowest BCUT2D eigenvalue weighted by molar-refractivity contribution is 0.907. The first-order chi connectivity index (χ1) is 9.24. The molecule has 0 bridgehead atoms. The maximum atomic E-state index is 5.96. The van der Waals surface area contributed by atoms with E-state index in [-0.39, 0.29) is 0 Å². The van der Waals surface area contributed by atoms with Gasteiger partial charge in [-0.15, -0.1) is 0 Å². The number of benzene rings is 1. The number of fused-ring (bicyclic) bond motifs is 1. The fourth-order valence-corrected chi connectivity index (χ4v) is 2.83. The molecule has 0 fully saturated rings. The second-order valence-corrected chi connectivity index (χ2v) is 5.25. The fraction of sp³-hybridized carbons (Fsp3) is 0.312. The second-order valence-electron chi connectivity index (χ2n) is 5.25. The first-order valence-corrected chi connectivity index (χ1v) is 6.75. The highest BCUT2D eigenvalue weighted by Crippen LogP contribution is 2.25. The van der Waals surface area contributed by atoms with E-state index in [9.17, 15) is 0 Å². The topological polar surface area (TPSA) is 42.2 Å². The van der Waals surface area contributed by atoms with Gasteiger partial charge in [0.1, 0.15) is 0 Å². The molecule has 19 heavy (non-hydrogen) atoms. The molecule has 3 nitrogen and oxygen atoms in total. The van der Waals surface area contributed by atoms with Gasteiger partial charge in [-0.25, -0.2) is 0 Å². The predicted octanol–water partition coefficient (Wildman–Crippen LogP) is 2.79. The summed E-state index contributed by atoms with van der Waals surface area (Å²) in [6.45, 7) is 0.876. The van der Waals surface area contributed by atoms with Gasteiger partial charge in [-0.05, 0) is 42.0 Å². The van der Waals surface area contributed by atoms with E-state index in [1.54, 1.807) is 12.4 Å². The molecule has 1 aliphatic rings. The third-order valence-corrected chi connectivity index (χ3v) is 3.82. The quantitative estimate of drug-likeness (QED) is 0.914. The van der Waals surface area contributed by atoms with Crippen LogP contribution in [0.2, 0.25) is 0 Å². The predicted molar refractivity (Wildman–Crippen MR) is 79.2 cm³/mol. The number of hydrogen-bond acceptors (Lipinski definition) is 3. The van der Waals surface area contributed by atoms with E-state index in [1.807, 2.05) is 6.07 Å². The zero-order valence-electron chi connectivity index (χ0n) is 11.3. The molecule has 0 atom stereocenters. The minimum Gasteiger partial charge on any atom is -0.396 e. The molecule has 0 saturated carbocycles. The Morgan fingerprint density at radius 1 is 1.21 bits per heavy atom. The summed E-state index contributed by atoms with van der Waals surface area (Å²) in [5.41, 5.74) is 12.1. The molecule has 3 rings (SSSR count). The average Bonchev–Trinajstić information content (AvgIpc) is 2.86. The Kier molecular flexibility index (Phi) is 3.11. The van der Waals surface area contributed by atoms with Gasteiger partial charge in [-0.1, -0.05) is 18.2 Å². The van der Waals surface area contributed by atoms with Crippen molar-refractivity contribution in [2.75, 3.05) is 17.7 Å². The molecule has 1 heterocycles. The van der Waals surface area contributed by atoms with E-state index in [1.165, 1.54) is 36.0 Å². The van der Waals surface area contributed by atoms with Crippen molar-refractivity contribution in [2.24, 2.45) is 0 Å². The maximum absolute atomic E-state index is 5.96. The second kappa shape index (κ2) is 4.92. The smallest absolute Gasteiger partial charge is 0.0738 e. The van der Waals surface area contributed by atoms with Gasteiger partial charge in [-0.2, -0.15) is 0 Å². The number of rotatable bonds is 3. The molecular weight excluding hydrogens is 234 g/mol. The largest absolute Gasteiger partial charge is 0.396 e. The number of nitrogen functional groups attached to an aromatic ring is 1. The number of nitrogens with two attached hydrogens (primary N) is 1. The Hall–Kier alpha value is -2.03. The zero-order chi connectivity index (χ0) is 13.2. The molecule has 0 saturated heterocycles. The summed E-state index contributed by atoms with van der Waals surface area (Å²) >= 11 is 0. The maximum Gasteiger partial charge on any atom is 0.0738 e. The van der Waals surface area contributed by atoms with Gasteiger partial charge in [0, 0.05) is 19.8 Å². The molecule has 0 aliphatic heterocycles. The number of anilines is 2. The minimum atomic E-state index is 0.728. The molecule has 3 heteroatoms. The summed E-state index contributed by atoms with van der Waals surface area (Å²) in [5, 5.41) is 0. The van der Waals surface area contributed by atoms with Gasteiger partial charge in [0.05, 0.1) is 17.6 Å². The van der Waals surface area contributed by atoms with Crippen LogP contribution in [-0.4, -0.2) is 12.0 Å². The van der Waals surface area contributed by atoms with Crippen LogP contribution in [0, 0.1) is 0 Å². The van der Waals surface area contributed by atoms with Crippen molar-refractivity contribution in [3.05, 3.63) is 53.3 Å². The molecular formula is C16H19N3. The van der Waals surface area contributed by atoms with Crippen LogP contribution >= 0.6 is 0 Å². The number of nitrogens with zero attached hydrogens (tertiary/aromatic N) is 2. The number of hydrogen-bond donors (Lipinski definition) is 1. The molecule has 2 aromatic rings. The first kappa shape index (κ1) is 12.0. The van der Waals surface area contributed by atoms with Gasteiger partial charge < -0.3 is 10.6 Å². The van der Waals surface area contributed by atoms with Crippen LogP contribution in [0.1, 0.15) is 23.1 Å². The van der Waals surface area contributed by atoms with Crippen LogP contribution in [0.15, 0.2) is 36.7 Å². The van der Waals surface area contributed by atoms with E-state index in [0.717, 1.165) is 17.9 Å². The van der Waals surface area contributed by atoms with Crippen molar-refractivity contribution in [1.29, 1.82) is 0 Å². The summed E-state index contributed by atoms with van der Waals surface area (Å²) in [4.78, 5) is 6.20. The SMILES string of the molecule is CN(Cc1ccc2c(c1)CCC2)c1ccncc1N. The third-order valence-electron chi connectivity index (χ3n) is 3.82. The lowest BCUT2D eigenvalue weighted by atomic mass is 10.1. The van der Waals surface area contributed by atoms with E-state index in [2.05, 4.69) is 35.1 Å². The Morgan fingerprint density at radius 2 is 2.05 bits per heavy atom. The van der Waals surface area contributed by atoms with E-state index in [0.29, 0.717) is 0 Å². The van der Waals surface area contributed by atoms with Crippen molar-refractivity contribution in [3.8, 4) is 0 Å². The lowest BCUT2D eigenvalue weighted by Gasteiger charge is -2.21. The Balaban J connectivity index is 1.80. The molecule has 1 aliphatic carbocycles. The van der Waals surface area contributed by atoms with Gasteiger partial charge in [0.15, 0.2) is 0 Å². The van der Waals surface area contributed by atoms with Crippen LogP contribution in [0.5, 0.6) is 0 Å². The van der Waals surface area contributed by atoms with Crippen molar-refractivity contribution in [2.45, 2.75) is 25.8 Å². The summed E-state index contributed by atoms with van der Waals surface area (Å²) in [7, 11) is 2.07. The highest BCUT2D eigenvalue weighted by molar-refractivity contribution is 5.65.